The average molecular weight is 331 g/mol. The van der Waals surface area contributed by atoms with Crippen molar-refractivity contribution in [3.05, 3.63) is 52.9 Å². The zero-order valence-electron chi connectivity index (χ0n) is 10.7. The van der Waals surface area contributed by atoms with Crippen LogP contribution in [0.2, 0.25) is 0 Å². The van der Waals surface area contributed by atoms with Gasteiger partial charge in [0.25, 0.3) is 5.91 Å². The van der Waals surface area contributed by atoms with E-state index >= 15 is 0 Å². The molecule has 2 heterocycles. The first-order valence-electron chi connectivity index (χ1n) is 6.00. The Balaban J connectivity index is 2.00. The predicted molar refractivity (Wildman–Crippen MR) is 80.6 cm³/mol. The normalized spacial score (nSPS) is 10.7. The van der Waals surface area contributed by atoms with Gasteiger partial charge in [0, 0.05) is 18.6 Å². The summed E-state index contributed by atoms with van der Waals surface area (Å²) in [6.45, 7) is 0. The van der Waals surface area contributed by atoms with Crippen molar-refractivity contribution < 1.29 is 4.79 Å². The van der Waals surface area contributed by atoms with Crippen LogP contribution in [0.15, 0.2) is 47.2 Å². The number of pyridine rings is 1. The molecule has 0 bridgehead atoms. The van der Waals surface area contributed by atoms with Gasteiger partial charge in [0.1, 0.15) is 4.60 Å². The van der Waals surface area contributed by atoms with Crippen LogP contribution < -0.4 is 5.32 Å². The van der Waals surface area contributed by atoms with Gasteiger partial charge in [0.15, 0.2) is 5.69 Å². The second kappa shape index (κ2) is 5.05. The van der Waals surface area contributed by atoms with Crippen LogP contribution in [0.5, 0.6) is 0 Å². The van der Waals surface area contributed by atoms with Crippen LogP contribution in [0.4, 0.5) is 5.69 Å². The number of benzene rings is 1. The molecule has 3 aromatic rings. The SMILES string of the molecule is Cn1nc(C(=O)Nc2cccnc2Br)c2ccccc21. The van der Waals surface area contributed by atoms with Gasteiger partial charge >= 0.3 is 0 Å². The van der Waals surface area contributed by atoms with Gasteiger partial charge in [0.05, 0.1) is 11.2 Å². The number of hydrogen-bond donors (Lipinski definition) is 1. The molecule has 6 heteroatoms. The van der Waals surface area contributed by atoms with Crippen LogP contribution in [0.25, 0.3) is 10.9 Å². The molecule has 1 aromatic carbocycles. The smallest absolute Gasteiger partial charge is 0.276 e. The Bertz CT molecular complexity index is 797. The van der Waals surface area contributed by atoms with Crippen molar-refractivity contribution in [1.82, 2.24) is 14.8 Å². The number of aryl methyl sites for hydroxylation is 1. The molecule has 0 aliphatic rings. The first-order chi connectivity index (χ1) is 9.66. The maximum atomic E-state index is 12.4. The Morgan fingerprint density at radius 3 is 2.85 bits per heavy atom. The van der Waals surface area contributed by atoms with E-state index < -0.39 is 0 Å². The summed E-state index contributed by atoms with van der Waals surface area (Å²) in [6, 6.07) is 11.2. The second-order valence-corrected chi connectivity index (χ2v) is 5.04. The number of anilines is 1. The van der Waals surface area contributed by atoms with E-state index in [0.29, 0.717) is 16.0 Å². The van der Waals surface area contributed by atoms with Crippen LogP contribution in [0.3, 0.4) is 0 Å². The van der Waals surface area contributed by atoms with E-state index in [1.165, 1.54) is 0 Å². The summed E-state index contributed by atoms with van der Waals surface area (Å²) in [5.74, 6) is -0.254. The number of amides is 1. The number of rotatable bonds is 2. The molecule has 0 spiro atoms. The summed E-state index contributed by atoms with van der Waals surface area (Å²) >= 11 is 3.30. The molecule has 0 saturated heterocycles. The first-order valence-corrected chi connectivity index (χ1v) is 6.80. The van der Waals surface area contributed by atoms with Gasteiger partial charge in [-0.05, 0) is 34.1 Å². The standard InChI is InChI=1S/C14H11BrN4O/c1-19-11-7-3-2-5-9(11)12(18-19)14(20)17-10-6-4-8-16-13(10)15/h2-8H,1H3,(H,17,20). The van der Waals surface area contributed by atoms with Crippen molar-refractivity contribution in [3.63, 3.8) is 0 Å². The van der Waals surface area contributed by atoms with E-state index in [-0.39, 0.29) is 5.91 Å². The van der Waals surface area contributed by atoms with Gasteiger partial charge in [0.2, 0.25) is 0 Å². The summed E-state index contributed by atoms with van der Waals surface area (Å²) in [7, 11) is 1.82. The van der Waals surface area contributed by atoms with E-state index in [4.69, 9.17) is 0 Å². The molecule has 1 amide bonds. The van der Waals surface area contributed by atoms with Gasteiger partial charge in [-0.1, -0.05) is 18.2 Å². The van der Waals surface area contributed by atoms with Crippen LogP contribution in [0.1, 0.15) is 10.5 Å². The molecule has 1 N–H and O–H groups in total. The van der Waals surface area contributed by atoms with Crippen LogP contribution in [0, 0.1) is 0 Å². The minimum atomic E-state index is -0.254. The van der Waals surface area contributed by atoms with Crippen LogP contribution in [-0.4, -0.2) is 20.7 Å². The fourth-order valence-corrected chi connectivity index (χ4v) is 2.39. The van der Waals surface area contributed by atoms with Crippen molar-refractivity contribution in [2.45, 2.75) is 0 Å². The monoisotopic (exact) mass is 330 g/mol. The van der Waals surface area contributed by atoms with Crippen molar-refractivity contribution >= 4 is 38.4 Å². The topological polar surface area (TPSA) is 59.8 Å². The zero-order chi connectivity index (χ0) is 14.1. The molecule has 100 valence electrons. The van der Waals surface area contributed by atoms with Crippen LogP contribution >= 0.6 is 15.9 Å². The van der Waals surface area contributed by atoms with E-state index in [0.717, 1.165) is 10.9 Å². The Morgan fingerprint density at radius 1 is 1.25 bits per heavy atom. The van der Waals surface area contributed by atoms with E-state index in [1.54, 1.807) is 23.0 Å². The molecule has 0 fully saturated rings. The lowest BCUT2D eigenvalue weighted by atomic mass is 10.2. The number of nitrogens with one attached hydrogen (secondary N) is 1. The number of carbonyl (C=O) groups excluding carboxylic acids is 1. The maximum Gasteiger partial charge on any atom is 0.276 e. The van der Waals surface area contributed by atoms with E-state index in [2.05, 4.69) is 31.3 Å². The Hall–Kier alpha value is -2.21. The Kier molecular flexibility index (Phi) is 3.23. The Labute approximate surface area is 123 Å². The number of nitrogens with zero attached hydrogens (tertiary/aromatic N) is 3. The molecule has 20 heavy (non-hydrogen) atoms. The van der Waals surface area contributed by atoms with E-state index in [9.17, 15) is 4.79 Å². The van der Waals surface area contributed by atoms with Gasteiger partial charge in [-0.3, -0.25) is 9.48 Å². The fraction of sp³-hybridized carbons (Fsp3) is 0.0714. The summed E-state index contributed by atoms with van der Waals surface area (Å²) in [4.78, 5) is 16.4. The highest BCUT2D eigenvalue weighted by atomic mass is 79.9. The summed E-state index contributed by atoms with van der Waals surface area (Å²) in [5, 5.41) is 7.92. The van der Waals surface area contributed by atoms with Crippen LogP contribution in [-0.2, 0) is 7.05 Å². The van der Waals surface area contributed by atoms with Gasteiger partial charge in [-0.15, -0.1) is 0 Å². The van der Waals surface area contributed by atoms with Crippen molar-refractivity contribution in [2.24, 2.45) is 7.05 Å². The van der Waals surface area contributed by atoms with Gasteiger partial charge < -0.3 is 5.32 Å². The third-order valence-corrected chi connectivity index (χ3v) is 3.61. The molecule has 0 aliphatic heterocycles. The quantitative estimate of drug-likeness (QED) is 0.735. The van der Waals surface area contributed by atoms with E-state index in [1.807, 2.05) is 31.3 Å². The molecular weight excluding hydrogens is 320 g/mol. The Morgan fingerprint density at radius 2 is 2.05 bits per heavy atom. The minimum Gasteiger partial charge on any atom is -0.318 e. The summed E-state index contributed by atoms with van der Waals surface area (Å²) < 4.78 is 2.29. The molecule has 0 saturated carbocycles. The van der Waals surface area contributed by atoms with Crippen molar-refractivity contribution in [2.75, 3.05) is 5.32 Å². The lowest BCUT2D eigenvalue weighted by Crippen LogP contribution is -2.14. The first kappa shape index (κ1) is 12.8. The van der Waals surface area contributed by atoms with Crippen molar-refractivity contribution in [3.8, 4) is 0 Å². The number of carbonyl (C=O) groups is 1. The molecule has 3 rings (SSSR count). The zero-order valence-corrected chi connectivity index (χ0v) is 12.3. The van der Waals surface area contributed by atoms with Gasteiger partial charge in [-0.25, -0.2) is 4.98 Å². The van der Waals surface area contributed by atoms with Gasteiger partial charge in [-0.2, -0.15) is 5.10 Å². The molecule has 0 aliphatic carbocycles. The number of para-hydroxylation sites is 1. The minimum absolute atomic E-state index is 0.254. The molecule has 0 atom stereocenters. The lowest BCUT2D eigenvalue weighted by Gasteiger charge is -2.04. The fourth-order valence-electron chi connectivity index (χ4n) is 2.04. The molecule has 0 unspecified atom stereocenters. The summed E-state index contributed by atoms with van der Waals surface area (Å²) in [6.07, 6.45) is 1.65. The molecule has 0 radical (unpaired) electrons. The summed E-state index contributed by atoms with van der Waals surface area (Å²) in [5.41, 5.74) is 1.94. The number of hydrogen-bond acceptors (Lipinski definition) is 3. The third-order valence-electron chi connectivity index (χ3n) is 2.98. The third kappa shape index (κ3) is 2.18. The highest BCUT2D eigenvalue weighted by molar-refractivity contribution is 9.10. The highest BCUT2D eigenvalue weighted by Crippen LogP contribution is 2.22. The number of halogens is 1. The lowest BCUT2D eigenvalue weighted by molar-refractivity contribution is 0.102. The largest absolute Gasteiger partial charge is 0.318 e. The average Bonchev–Trinajstić information content (AvgIpc) is 2.79. The number of aromatic nitrogens is 3. The predicted octanol–water partition coefficient (Wildman–Crippen LogP) is 2.98. The molecule has 2 aromatic heterocycles. The van der Waals surface area contributed by atoms with Crippen molar-refractivity contribution in [1.29, 1.82) is 0 Å². The molecular formula is C14H11BrN4O. The maximum absolute atomic E-state index is 12.4. The molecule has 5 nitrogen and oxygen atoms in total. The second-order valence-electron chi connectivity index (χ2n) is 4.29. The number of fused-ring (bicyclic) bond motifs is 1. The highest BCUT2D eigenvalue weighted by Gasteiger charge is 2.16.